The SMILES string of the molecule is c1cc2nccnc2c(N(CC2CCOCC2)C2CC2)n1. The second-order valence-corrected chi connectivity index (χ2v) is 6.00. The Balaban J connectivity index is 1.65. The quantitative estimate of drug-likeness (QED) is 0.863. The zero-order valence-corrected chi connectivity index (χ0v) is 12.1. The third kappa shape index (κ3) is 2.70. The maximum Gasteiger partial charge on any atom is 0.157 e. The molecule has 2 aliphatic rings. The van der Waals surface area contributed by atoms with Crippen LogP contribution in [0.15, 0.2) is 24.7 Å². The molecule has 0 radical (unpaired) electrons. The Morgan fingerprint density at radius 2 is 1.81 bits per heavy atom. The topological polar surface area (TPSA) is 51.1 Å². The first kappa shape index (κ1) is 13.0. The summed E-state index contributed by atoms with van der Waals surface area (Å²) < 4.78 is 5.48. The molecular weight excluding hydrogens is 264 g/mol. The summed E-state index contributed by atoms with van der Waals surface area (Å²) in [6.45, 7) is 2.86. The molecule has 21 heavy (non-hydrogen) atoms. The zero-order valence-electron chi connectivity index (χ0n) is 12.1. The lowest BCUT2D eigenvalue weighted by Crippen LogP contribution is -2.35. The molecule has 0 unspecified atom stereocenters. The van der Waals surface area contributed by atoms with Crippen LogP contribution in [0.3, 0.4) is 0 Å². The van der Waals surface area contributed by atoms with Gasteiger partial charge in [0.2, 0.25) is 0 Å². The van der Waals surface area contributed by atoms with Gasteiger partial charge in [0.05, 0.1) is 5.52 Å². The number of ether oxygens (including phenoxy) is 1. The van der Waals surface area contributed by atoms with Crippen LogP contribution in [0.2, 0.25) is 0 Å². The van der Waals surface area contributed by atoms with Gasteiger partial charge in [-0.1, -0.05) is 0 Å². The fraction of sp³-hybridized carbons (Fsp3) is 0.562. The number of fused-ring (bicyclic) bond motifs is 1. The van der Waals surface area contributed by atoms with E-state index in [-0.39, 0.29) is 0 Å². The van der Waals surface area contributed by atoms with E-state index in [1.165, 1.54) is 12.8 Å². The van der Waals surface area contributed by atoms with Gasteiger partial charge in [0, 0.05) is 44.4 Å². The first-order chi connectivity index (χ1) is 10.4. The molecule has 0 atom stereocenters. The van der Waals surface area contributed by atoms with Crippen molar-refractivity contribution in [2.24, 2.45) is 5.92 Å². The van der Waals surface area contributed by atoms with Gasteiger partial charge in [-0.15, -0.1) is 0 Å². The Bertz CT molecular complexity index is 617. The number of rotatable bonds is 4. The predicted molar refractivity (Wildman–Crippen MR) is 81.2 cm³/mol. The van der Waals surface area contributed by atoms with Crippen molar-refractivity contribution in [3.63, 3.8) is 0 Å². The van der Waals surface area contributed by atoms with Crippen molar-refractivity contribution in [3.8, 4) is 0 Å². The minimum absolute atomic E-state index is 0.632. The maximum atomic E-state index is 5.48. The average molecular weight is 284 g/mol. The summed E-state index contributed by atoms with van der Waals surface area (Å²) in [5.74, 6) is 1.71. The van der Waals surface area contributed by atoms with E-state index in [0.717, 1.165) is 49.5 Å². The van der Waals surface area contributed by atoms with E-state index < -0.39 is 0 Å². The van der Waals surface area contributed by atoms with Gasteiger partial charge in [0.15, 0.2) is 5.82 Å². The standard InChI is InChI=1S/C16H20N4O/c1-2-13(1)20(11-12-4-9-21-10-5-12)16-15-14(3-6-19-16)17-7-8-18-15/h3,6-8,12-13H,1-2,4-5,9-11H2. The van der Waals surface area contributed by atoms with Crippen LogP contribution in [0.25, 0.3) is 11.0 Å². The smallest absolute Gasteiger partial charge is 0.157 e. The van der Waals surface area contributed by atoms with Gasteiger partial charge in [-0.25, -0.2) is 9.97 Å². The van der Waals surface area contributed by atoms with Crippen molar-refractivity contribution < 1.29 is 4.74 Å². The highest BCUT2D eigenvalue weighted by Gasteiger charge is 2.33. The summed E-state index contributed by atoms with van der Waals surface area (Å²) in [6.07, 6.45) is 10.2. The molecular formula is C16H20N4O. The molecule has 1 saturated carbocycles. The summed E-state index contributed by atoms with van der Waals surface area (Å²) in [7, 11) is 0. The molecule has 1 aliphatic carbocycles. The van der Waals surface area contributed by atoms with E-state index in [2.05, 4.69) is 19.9 Å². The van der Waals surface area contributed by atoms with Crippen molar-refractivity contribution in [3.05, 3.63) is 24.7 Å². The summed E-state index contributed by atoms with van der Waals surface area (Å²) in [4.78, 5) is 16.0. The second-order valence-electron chi connectivity index (χ2n) is 6.00. The van der Waals surface area contributed by atoms with E-state index in [1.807, 2.05) is 12.3 Å². The lowest BCUT2D eigenvalue weighted by atomic mass is 9.99. The minimum atomic E-state index is 0.632. The highest BCUT2D eigenvalue weighted by molar-refractivity contribution is 5.85. The lowest BCUT2D eigenvalue weighted by molar-refractivity contribution is 0.0681. The molecule has 5 nitrogen and oxygen atoms in total. The monoisotopic (exact) mass is 284 g/mol. The Hall–Kier alpha value is -1.75. The van der Waals surface area contributed by atoms with E-state index in [1.54, 1.807) is 12.4 Å². The number of nitrogens with zero attached hydrogens (tertiary/aromatic N) is 4. The highest BCUT2D eigenvalue weighted by atomic mass is 16.5. The number of pyridine rings is 1. The van der Waals surface area contributed by atoms with Crippen LogP contribution in [0.5, 0.6) is 0 Å². The van der Waals surface area contributed by atoms with E-state index in [0.29, 0.717) is 12.0 Å². The van der Waals surface area contributed by atoms with Gasteiger partial charge in [-0.3, -0.25) is 4.98 Å². The Morgan fingerprint density at radius 1 is 1.00 bits per heavy atom. The molecule has 1 saturated heterocycles. The van der Waals surface area contributed by atoms with Gasteiger partial charge in [0.25, 0.3) is 0 Å². The zero-order chi connectivity index (χ0) is 14.1. The molecule has 0 spiro atoms. The van der Waals surface area contributed by atoms with Crippen molar-refractivity contribution in [2.45, 2.75) is 31.7 Å². The van der Waals surface area contributed by atoms with Crippen LogP contribution in [-0.2, 0) is 4.74 Å². The highest BCUT2D eigenvalue weighted by Crippen LogP contribution is 2.34. The van der Waals surface area contributed by atoms with Crippen LogP contribution in [-0.4, -0.2) is 40.8 Å². The molecule has 2 aromatic heterocycles. The fourth-order valence-corrected chi connectivity index (χ4v) is 3.09. The van der Waals surface area contributed by atoms with E-state index in [4.69, 9.17) is 4.74 Å². The molecule has 4 rings (SSSR count). The Labute approximate surface area is 124 Å². The van der Waals surface area contributed by atoms with Gasteiger partial charge >= 0.3 is 0 Å². The first-order valence-corrected chi connectivity index (χ1v) is 7.82. The normalized spacial score (nSPS) is 19.8. The summed E-state index contributed by atoms with van der Waals surface area (Å²) in [6, 6.07) is 2.57. The fourth-order valence-electron chi connectivity index (χ4n) is 3.09. The minimum Gasteiger partial charge on any atom is -0.381 e. The summed E-state index contributed by atoms with van der Waals surface area (Å²) in [5.41, 5.74) is 1.86. The van der Waals surface area contributed by atoms with Crippen LogP contribution < -0.4 is 4.90 Å². The van der Waals surface area contributed by atoms with Crippen molar-refractivity contribution in [1.29, 1.82) is 0 Å². The average Bonchev–Trinajstić information content (AvgIpc) is 3.38. The van der Waals surface area contributed by atoms with Crippen LogP contribution >= 0.6 is 0 Å². The van der Waals surface area contributed by atoms with Crippen molar-refractivity contribution >= 4 is 16.9 Å². The number of hydrogen-bond donors (Lipinski definition) is 0. The maximum absolute atomic E-state index is 5.48. The largest absolute Gasteiger partial charge is 0.381 e. The first-order valence-electron chi connectivity index (χ1n) is 7.82. The van der Waals surface area contributed by atoms with Gasteiger partial charge in [-0.05, 0) is 37.7 Å². The van der Waals surface area contributed by atoms with Gasteiger partial charge in [0.1, 0.15) is 5.52 Å². The van der Waals surface area contributed by atoms with Crippen LogP contribution in [0, 0.1) is 5.92 Å². The van der Waals surface area contributed by atoms with Gasteiger partial charge in [-0.2, -0.15) is 0 Å². The molecule has 5 heteroatoms. The number of aromatic nitrogens is 3. The molecule has 2 fully saturated rings. The molecule has 3 heterocycles. The molecule has 1 aliphatic heterocycles. The molecule has 0 bridgehead atoms. The third-order valence-electron chi connectivity index (χ3n) is 4.42. The molecule has 2 aromatic rings. The van der Waals surface area contributed by atoms with Gasteiger partial charge < -0.3 is 9.64 Å². The molecule has 0 aromatic carbocycles. The summed E-state index contributed by atoms with van der Waals surface area (Å²) in [5, 5.41) is 0. The molecule has 0 N–H and O–H groups in total. The van der Waals surface area contributed by atoms with E-state index >= 15 is 0 Å². The Kier molecular flexibility index (Phi) is 3.43. The Morgan fingerprint density at radius 3 is 2.62 bits per heavy atom. The number of anilines is 1. The van der Waals surface area contributed by atoms with Crippen molar-refractivity contribution in [1.82, 2.24) is 15.0 Å². The molecule has 110 valence electrons. The summed E-state index contributed by atoms with van der Waals surface area (Å²) >= 11 is 0. The molecule has 0 amide bonds. The van der Waals surface area contributed by atoms with E-state index in [9.17, 15) is 0 Å². The van der Waals surface area contributed by atoms with Crippen LogP contribution in [0.1, 0.15) is 25.7 Å². The second kappa shape index (κ2) is 5.56. The van der Waals surface area contributed by atoms with Crippen LogP contribution in [0.4, 0.5) is 5.82 Å². The van der Waals surface area contributed by atoms with Crippen molar-refractivity contribution in [2.75, 3.05) is 24.7 Å². The third-order valence-corrected chi connectivity index (χ3v) is 4.42. The number of hydrogen-bond acceptors (Lipinski definition) is 5. The predicted octanol–water partition coefficient (Wildman–Crippen LogP) is 2.42. The lowest BCUT2D eigenvalue weighted by Gasteiger charge is -2.31.